The summed E-state index contributed by atoms with van der Waals surface area (Å²) in [5.41, 5.74) is 1.52. The predicted octanol–water partition coefficient (Wildman–Crippen LogP) is 2.81. The van der Waals surface area contributed by atoms with Gasteiger partial charge >= 0.3 is 0 Å². The van der Waals surface area contributed by atoms with Crippen molar-refractivity contribution in [2.75, 3.05) is 18.8 Å². The summed E-state index contributed by atoms with van der Waals surface area (Å²) in [7, 11) is 0. The number of allylic oxidation sites excluding steroid dienone is 4. The molecule has 0 aromatic carbocycles. The first-order valence-corrected chi connectivity index (χ1v) is 6.16. The van der Waals surface area contributed by atoms with Gasteiger partial charge in [-0.05, 0) is 56.5 Å². The molecule has 0 aromatic rings. The van der Waals surface area contributed by atoms with Gasteiger partial charge in [-0.25, -0.2) is 0 Å². The maximum atomic E-state index is 4.25. The van der Waals surface area contributed by atoms with Crippen LogP contribution in [-0.2, 0) is 0 Å². The summed E-state index contributed by atoms with van der Waals surface area (Å²) >= 11 is 4.25. The molecule has 1 rings (SSSR count). The zero-order valence-corrected chi connectivity index (χ0v) is 9.89. The summed E-state index contributed by atoms with van der Waals surface area (Å²) in [5.74, 6) is 1.72. The van der Waals surface area contributed by atoms with Crippen molar-refractivity contribution >= 4 is 12.6 Å². The Balaban J connectivity index is 2.55. The third-order valence-corrected chi connectivity index (χ3v) is 2.94. The van der Waals surface area contributed by atoms with E-state index in [1.807, 2.05) is 0 Å². The van der Waals surface area contributed by atoms with E-state index in [1.165, 1.54) is 31.5 Å². The van der Waals surface area contributed by atoms with Crippen molar-refractivity contribution in [1.29, 1.82) is 0 Å². The summed E-state index contributed by atoms with van der Waals surface area (Å²) in [4.78, 5) is 0. The van der Waals surface area contributed by atoms with E-state index in [-0.39, 0.29) is 0 Å². The van der Waals surface area contributed by atoms with E-state index in [2.05, 4.69) is 43.1 Å². The molecule has 0 amide bonds. The van der Waals surface area contributed by atoms with Crippen molar-refractivity contribution in [3.8, 4) is 0 Å². The highest BCUT2D eigenvalue weighted by molar-refractivity contribution is 7.80. The van der Waals surface area contributed by atoms with Crippen molar-refractivity contribution in [2.45, 2.75) is 26.2 Å². The second kappa shape index (κ2) is 7.13. The highest BCUT2D eigenvalue weighted by atomic mass is 32.1. The molecule has 1 N–H and O–H groups in total. The van der Waals surface area contributed by atoms with Gasteiger partial charge in [-0.1, -0.05) is 18.2 Å². The van der Waals surface area contributed by atoms with Gasteiger partial charge in [0.05, 0.1) is 0 Å². The van der Waals surface area contributed by atoms with E-state index < -0.39 is 0 Å². The second-order valence-electron chi connectivity index (χ2n) is 3.74. The van der Waals surface area contributed by atoms with Crippen LogP contribution in [0.5, 0.6) is 0 Å². The minimum Gasteiger partial charge on any atom is -0.317 e. The molecule has 1 aliphatic heterocycles. The fourth-order valence-electron chi connectivity index (χ4n) is 1.95. The largest absolute Gasteiger partial charge is 0.317 e. The van der Waals surface area contributed by atoms with Crippen LogP contribution in [0.25, 0.3) is 0 Å². The molecule has 0 unspecified atom stereocenters. The van der Waals surface area contributed by atoms with E-state index >= 15 is 0 Å². The minimum absolute atomic E-state index is 0.771. The normalized spacial score (nSPS) is 20.6. The molecule has 0 aromatic heterocycles. The van der Waals surface area contributed by atoms with Crippen LogP contribution in [0.2, 0.25) is 0 Å². The maximum Gasteiger partial charge on any atom is -0.00431 e. The lowest BCUT2D eigenvalue weighted by Gasteiger charge is -2.23. The lowest BCUT2D eigenvalue weighted by molar-refractivity contribution is 0.424. The molecule has 0 radical (unpaired) electrons. The van der Waals surface area contributed by atoms with Crippen LogP contribution in [0.3, 0.4) is 0 Å². The van der Waals surface area contributed by atoms with Gasteiger partial charge in [0.25, 0.3) is 0 Å². The second-order valence-corrected chi connectivity index (χ2v) is 4.19. The summed E-state index contributed by atoms with van der Waals surface area (Å²) in [6.45, 7) is 4.43. The average molecular weight is 211 g/mol. The van der Waals surface area contributed by atoms with Crippen molar-refractivity contribution in [2.24, 2.45) is 5.92 Å². The monoisotopic (exact) mass is 211 g/mol. The molecule has 0 aliphatic carbocycles. The number of piperidine rings is 1. The van der Waals surface area contributed by atoms with Gasteiger partial charge in [-0.15, -0.1) is 0 Å². The van der Waals surface area contributed by atoms with Crippen LogP contribution in [0.4, 0.5) is 0 Å². The lowest BCUT2D eigenvalue weighted by atomic mass is 9.89. The molecular formula is C12H21NS. The maximum absolute atomic E-state index is 4.25. The molecule has 1 fully saturated rings. The zero-order valence-electron chi connectivity index (χ0n) is 9.00. The Morgan fingerprint density at radius 1 is 1.43 bits per heavy atom. The number of hydrogen-bond acceptors (Lipinski definition) is 2. The zero-order chi connectivity index (χ0) is 10.2. The van der Waals surface area contributed by atoms with Gasteiger partial charge in [0.1, 0.15) is 0 Å². The molecule has 80 valence electrons. The third kappa shape index (κ3) is 3.89. The predicted molar refractivity (Wildman–Crippen MR) is 67.0 cm³/mol. The summed E-state index contributed by atoms with van der Waals surface area (Å²) in [6.07, 6.45) is 10.4. The number of hydrogen-bond donors (Lipinski definition) is 2. The van der Waals surface area contributed by atoms with E-state index in [9.17, 15) is 0 Å². The van der Waals surface area contributed by atoms with Gasteiger partial charge in [0.15, 0.2) is 0 Å². The fraction of sp³-hybridized carbons (Fsp3) is 0.667. The van der Waals surface area contributed by atoms with Gasteiger partial charge in [0, 0.05) is 0 Å². The topological polar surface area (TPSA) is 12.0 Å². The highest BCUT2D eigenvalue weighted by Gasteiger charge is 2.14. The summed E-state index contributed by atoms with van der Waals surface area (Å²) < 4.78 is 0. The first-order valence-electron chi connectivity index (χ1n) is 5.52. The first kappa shape index (κ1) is 11.9. The number of nitrogens with one attached hydrogen (secondary N) is 1. The minimum atomic E-state index is 0.771. The van der Waals surface area contributed by atoms with Gasteiger partial charge in [-0.3, -0.25) is 0 Å². The third-order valence-electron chi connectivity index (χ3n) is 2.68. The number of thiol groups is 1. The van der Waals surface area contributed by atoms with Crippen LogP contribution < -0.4 is 5.32 Å². The van der Waals surface area contributed by atoms with E-state index in [1.54, 1.807) is 0 Å². The van der Waals surface area contributed by atoms with Crippen molar-refractivity contribution in [3.63, 3.8) is 0 Å². The molecule has 1 saturated heterocycles. The standard InChI is InChI=1S/C12H21NS/c1-2-4-11(5-3-10-14)12-6-8-13-9-7-12/h2,4-5,12-14H,3,6-10H2,1H3/b4-2-,11-5+. The quantitative estimate of drug-likeness (QED) is 0.538. The van der Waals surface area contributed by atoms with Crippen LogP contribution >= 0.6 is 12.6 Å². The Morgan fingerprint density at radius 2 is 2.14 bits per heavy atom. The smallest absolute Gasteiger partial charge is 0.00431 e. The van der Waals surface area contributed by atoms with E-state index in [0.29, 0.717) is 0 Å². The average Bonchev–Trinajstić information content (AvgIpc) is 2.25. The molecule has 0 atom stereocenters. The lowest BCUT2D eigenvalue weighted by Crippen LogP contribution is -2.28. The molecule has 2 heteroatoms. The first-order chi connectivity index (χ1) is 6.88. The van der Waals surface area contributed by atoms with Crippen molar-refractivity contribution in [3.05, 3.63) is 23.8 Å². The van der Waals surface area contributed by atoms with Gasteiger partial charge < -0.3 is 5.32 Å². The molecular weight excluding hydrogens is 190 g/mol. The summed E-state index contributed by atoms with van der Waals surface area (Å²) in [6, 6.07) is 0. The van der Waals surface area contributed by atoms with Gasteiger partial charge in [-0.2, -0.15) is 12.6 Å². The molecule has 1 nitrogen and oxygen atoms in total. The molecule has 0 saturated carbocycles. The van der Waals surface area contributed by atoms with E-state index in [4.69, 9.17) is 0 Å². The van der Waals surface area contributed by atoms with Crippen LogP contribution in [0.1, 0.15) is 26.2 Å². The SMILES string of the molecule is C/C=C\C(=C/CCS)C1CCNCC1. The Hall–Kier alpha value is -0.210. The highest BCUT2D eigenvalue weighted by Crippen LogP contribution is 2.22. The fourth-order valence-corrected chi connectivity index (χ4v) is 2.08. The van der Waals surface area contributed by atoms with E-state index in [0.717, 1.165) is 18.1 Å². The Bertz CT molecular complexity index is 202. The molecule has 0 bridgehead atoms. The van der Waals surface area contributed by atoms with Crippen molar-refractivity contribution in [1.82, 2.24) is 5.32 Å². The van der Waals surface area contributed by atoms with Gasteiger partial charge in [0.2, 0.25) is 0 Å². The molecule has 0 spiro atoms. The summed E-state index contributed by atoms with van der Waals surface area (Å²) in [5, 5.41) is 3.40. The van der Waals surface area contributed by atoms with Crippen LogP contribution in [0, 0.1) is 5.92 Å². The molecule has 1 aliphatic rings. The van der Waals surface area contributed by atoms with Crippen molar-refractivity contribution < 1.29 is 0 Å². The Kier molecular flexibility index (Phi) is 6.04. The number of rotatable bonds is 4. The Labute approximate surface area is 93.1 Å². The Morgan fingerprint density at radius 3 is 2.71 bits per heavy atom. The van der Waals surface area contributed by atoms with Crippen LogP contribution in [-0.4, -0.2) is 18.8 Å². The molecule has 1 heterocycles. The van der Waals surface area contributed by atoms with Crippen LogP contribution in [0.15, 0.2) is 23.8 Å². The molecule has 14 heavy (non-hydrogen) atoms.